The number of para-hydroxylation sites is 1. The molecular formula is C16H13ClN2OS. The van der Waals surface area contributed by atoms with Gasteiger partial charge in [-0.25, -0.2) is 0 Å². The fraction of sp³-hybridized carbons (Fsp3) is 0.125. The predicted octanol–water partition coefficient (Wildman–Crippen LogP) is 4.30. The number of nitrogens with one attached hydrogen (secondary N) is 1. The van der Waals surface area contributed by atoms with Crippen LogP contribution in [-0.2, 0) is 9.54 Å². The van der Waals surface area contributed by atoms with E-state index in [2.05, 4.69) is 10.3 Å². The van der Waals surface area contributed by atoms with Crippen molar-refractivity contribution >= 4 is 40.1 Å². The van der Waals surface area contributed by atoms with E-state index in [1.54, 1.807) is 6.07 Å². The van der Waals surface area contributed by atoms with Gasteiger partial charge in [-0.05, 0) is 24.6 Å². The Morgan fingerprint density at radius 3 is 2.48 bits per heavy atom. The third-order valence-corrected chi connectivity index (χ3v) is 4.89. The van der Waals surface area contributed by atoms with Crippen LogP contribution in [0.3, 0.4) is 0 Å². The maximum atomic E-state index is 12.3. The van der Waals surface area contributed by atoms with E-state index in [4.69, 9.17) is 11.6 Å². The van der Waals surface area contributed by atoms with Crippen LogP contribution in [0.5, 0.6) is 0 Å². The molecule has 1 heterocycles. The number of benzene rings is 2. The summed E-state index contributed by atoms with van der Waals surface area (Å²) in [6.45, 7) is 1.89. The van der Waals surface area contributed by atoms with E-state index < -0.39 is 4.75 Å². The van der Waals surface area contributed by atoms with Crippen molar-refractivity contribution in [2.24, 2.45) is 4.99 Å². The summed E-state index contributed by atoms with van der Waals surface area (Å²) < 4.78 is -0.690. The third kappa shape index (κ3) is 2.69. The molecule has 0 bridgehead atoms. The van der Waals surface area contributed by atoms with Gasteiger partial charge in [0.25, 0.3) is 5.91 Å². The standard InChI is InChI=1S/C16H13ClN2OS/c1-16(11-7-3-2-4-8-11)14(20)19-15(21-16)18-13-10-6-5-9-12(13)17/h2-10H,1H3,(H,18,19,20). The van der Waals surface area contributed by atoms with Gasteiger partial charge in [0, 0.05) is 0 Å². The van der Waals surface area contributed by atoms with E-state index in [1.807, 2.05) is 55.5 Å². The number of thioether (sulfide) groups is 1. The van der Waals surface area contributed by atoms with Gasteiger partial charge in [-0.3, -0.25) is 4.79 Å². The molecule has 0 radical (unpaired) electrons. The van der Waals surface area contributed by atoms with Crippen LogP contribution in [-0.4, -0.2) is 11.1 Å². The number of amidine groups is 1. The molecular weight excluding hydrogens is 304 g/mol. The summed E-state index contributed by atoms with van der Waals surface area (Å²) >= 11 is 7.52. The molecule has 1 N–H and O–H groups in total. The molecule has 21 heavy (non-hydrogen) atoms. The van der Waals surface area contributed by atoms with Crippen molar-refractivity contribution in [3.8, 4) is 0 Å². The lowest BCUT2D eigenvalue weighted by Crippen LogP contribution is -2.24. The number of hydrogen-bond donors (Lipinski definition) is 1. The molecule has 0 fully saturated rings. The Morgan fingerprint density at radius 2 is 1.76 bits per heavy atom. The second-order valence-electron chi connectivity index (χ2n) is 4.83. The minimum atomic E-state index is -0.690. The van der Waals surface area contributed by atoms with E-state index in [-0.39, 0.29) is 5.91 Å². The van der Waals surface area contributed by atoms with Gasteiger partial charge >= 0.3 is 0 Å². The lowest BCUT2D eigenvalue weighted by atomic mass is 10.00. The number of carbonyl (C=O) groups is 1. The highest BCUT2D eigenvalue weighted by molar-refractivity contribution is 8.16. The van der Waals surface area contributed by atoms with E-state index in [9.17, 15) is 4.79 Å². The number of amides is 1. The predicted molar refractivity (Wildman–Crippen MR) is 88.9 cm³/mol. The van der Waals surface area contributed by atoms with Crippen LogP contribution in [0.25, 0.3) is 0 Å². The molecule has 3 rings (SSSR count). The maximum Gasteiger partial charge on any atom is 0.269 e. The van der Waals surface area contributed by atoms with E-state index in [0.29, 0.717) is 10.2 Å². The Bertz CT molecular complexity index is 717. The molecule has 1 aliphatic rings. The molecule has 5 heteroatoms. The molecule has 0 spiro atoms. The third-order valence-electron chi connectivity index (χ3n) is 3.35. The molecule has 3 nitrogen and oxygen atoms in total. The maximum absolute atomic E-state index is 12.3. The Hall–Kier alpha value is -1.78. The summed E-state index contributed by atoms with van der Waals surface area (Å²) in [5, 5.41) is 4.29. The van der Waals surface area contributed by atoms with Crippen LogP contribution in [0.1, 0.15) is 12.5 Å². The van der Waals surface area contributed by atoms with Crippen molar-refractivity contribution in [2.45, 2.75) is 11.7 Å². The van der Waals surface area contributed by atoms with Gasteiger partial charge in [-0.15, -0.1) is 0 Å². The summed E-state index contributed by atoms with van der Waals surface area (Å²) in [7, 11) is 0. The molecule has 0 aliphatic carbocycles. The normalized spacial score (nSPS) is 21.2. The zero-order chi connectivity index (χ0) is 14.9. The van der Waals surface area contributed by atoms with E-state index in [1.165, 1.54) is 11.8 Å². The average molecular weight is 317 g/mol. The Morgan fingerprint density at radius 1 is 1.10 bits per heavy atom. The fourth-order valence-corrected chi connectivity index (χ4v) is 3.37. The number of nitrogens with zero attached hydrogens (tertiary/aromatic N) is 1. The number of carbonyl (C=O) groups excluding carboxylic acids is 1. The molecule has 1 amide bonds. The lowest BCUT2D eigenvalue weighted by molar-refractivity contribution is -0.119. The van der Waals surface area contributed by atoms with Crippen molar-refractivity contribution < 1.29 is 4.79 Å². The fourth-order valence-electron chi connectivity index (χ4n) is 2.13. The average Bonchev–Trinajstić information content (AvgIpc) is 2.78. The smallest absolute Gasteiger partial charge is 0.269 e. The van der Waals surface area contributed by atoms with Crippen LogP contribution >= 0.6 is 23.4 Å². The Kier molecular flexibility index (Phi) is 3.74. The van der Waals surface area contributed by atoms with Crippen LogP contribution in [0.15, 0.2) is 59.6 Å². The Labute approximate surface area is 132 Å². The highest BCUT2D eigenvalue weighted by Gasteiger charge is 2.42. The largest absolute Gasteiger partial charge is 0.333 e. The molecule has 0 saturated carbocycles. The molecule has 106 valence electrons. The van der Waals surface area contributed by atoms with Crippen LogP contribution < -0.4 is 5.32 Å². The van der Waals surface area contributed by atoms with Gasteiger partial charge in [0.2, 0.25) is 0 Å². The molecule has 1 unspecified atom stereocenters. The van der Waals surface area contributed by atoms with Gasteiger partial charge in [-0.1, -0.05) is 65.8 Å². The molecule has 0 aromatic heterocycles. The minimum Gasteiger partial charge on any atom is -0.333 e. The van der Waals surface area contributed by atoms with Gasteiger partial charge < -0.3 is 5.32 Å². The van der Waals surface area contributed by atoms with Crippen LogP contribution in [0.4, 0.5) is 5.69 Å². The zero-order valence-electron chi connectivity index (χ0n) is 11.3. The van der Waals surface area contributed by atoms with Crippen molar-refractivity contribution in [3.63, 3.8) is 0 Å². The number of anilines is 1. The lowest BCUT2D eigenvalue weighted by Gasteiger charge is -2.20. The number of aliphatic imine (C=N–C) groups is 1. The first-order valence-electron chi connectivity index (χ1n) is 6.49. The second-order valence-corrected chi connectivity index (χ2v) is 6.64. The molecule has 1 aliphatic heterocycles. The quantitative estimate of drug-likeness (QED) is 0.898. The number of rotatable bonds is 2. The van der Waals surface area contributed by atoms with E-state index >= 15 is 0 Å². The van der Waals surface area contributed by atoms with Crippen LogP contribution in [0, 0.1) is 0 Å². The Balaban J connectivity index is 1.84. The van der Waals surface area contributed by atoms with Gasteiger partial charge in [-0.2, -0.15) is 4.99 Å². The highest BCUT2D eigenvalue weighted by Crippen LogP contribution is 2.43. The van der Waals surface area contributed by atoms with E-state index in [0.717, 1.165) is 11.3 Å². The first-order valence-corrected chi connectivity index (χ1v) is 7.68. The van der Waals surface area contributed by atoms with Crippen LogP contribution in [0.2, 0.25) is 5.02 Å². The molecule has 2 aromatic carbocycles. The van der Waals surface area contributed by atoms with Crippen molar-refractivity contribution in [1.82, 2.24) is 0 Å². The highest BCUT2D eigenvalue weighted by atomic mass is 35.5. The molecule has 2 aromatic rings. The number of hydrogen-bond acceptors (Lipinski definition) is 3. The summed E-state index contributed by atoms with van der Waals surface area (Å²) in [5.74, 6) is -0.159. The van der Waals surface area contributed by atoms with Gasteiger partial charge in [0.05, 0.1) is 10.7 Å². The van der Waals surface area contributed by atoms with Crippen molar-refractivity contribution in [3.05, 3.63) is 65.2 Å². The summed E-state index contributed by atoms with van der Waals surface area (Å²) in [5.41, 5.74) is 1.69. The molecule has 1 atom stereocenters. The van der Waals surface area contributed by atoms with Crippen molar-refractivity contribution in [2.75, 3.05) is 5.32 Å². The second kappa shape index (κ2) is 5.54. The zero-order valence-corrected chi connectivity index (χ0v) is 12.9. The molecule has 0 saturated heterocycles. The summed E-state index contributed by atoms with van der Waals surface area (Å²) in [6.07, 6.45) is 0. The topological polar surface area (TPSA) is 41.5 Å². The first kappa shape index (κ1) is 14.2. The summed E-state index contributed by atoms with van der Waals surface area (Å²) in [4.78, 5) is 16.4. The summed E-state index contributed by atoms with van der Waals surface area (Å²) in [6, 6.07) is 17.1. The van der Waals surface area contributed by atoms with Crippen molar-refractivity contribution in [1.29, 1.82) is 0 Å². The SMILES string of the molecule is CC1(c2ccccc2)SC(Nc2ccccc2Cl)=NC1=O. The first-order chi connectivity index (χ1) is 10.1. The monoisotopic (exact) mass is 316 g/mol. The number of halogens is 1. The van der Waals surface area contributed by atoms with Gasteiger partial charge in [0.15, 0.2) is 5.17 Å². The van der Waals surface area contributed by atoms with Gasteiger partial charge in [0.1, 0.15) is 4.75 Å². The minimum absolute atomic E-state index is 0.159.